The van der Waals surface area contributed by atoms with Crippen LogP contribution in [0.4, 0.5) is 19.0 Å². The number of aromatic nitrogens is 1. The van der Waals surface area contributed by atoms with Crippen LogP contribution in [0.15, 0.2) is 41.4 Å². The lowest BCUT2D eigenvalue weighted by molar-refractivity contribution is -0.137. The van der Waals surface area contributed by atoms with E-state index >= 15 is 0 Å². The maximum Gasteiger partial charge on any atom is 0.417 e. The molecule has 0 bridgehead atoms. The molecule has 12 heteroatoms. The van der Waals surface area contributed by atoms with Crippen molar-refractivity contribution in [2.45, 2.75) is 11.1 Å². The molecule has 1 fully saturated rings. The summed E-state index contributed by atoms with van der Waals surface area (Å²) >= 11 is 0. The van der Waals surface area contributed by atoms with Crippen molar-refractivity contribution in [3.63, 3.8) is 0 Å². The monoisotopic (exact) mass is 444 g/mol. The van der Waals surface area contributed by atoms with Crippen molar-refractivity contribution < 1.29 is 31.1 Å². The fraction of sp³-hybridized carbons (Fsp3) is 0.333. The molecular formula is C18H19F3N4O4S. The van der Waals surface area contributed by atoms with Crippen molar-refractivity contribution in [2.24, 2.45) is 5.14 Å². The third-order valence-electron chi connectivity index (χ3n) is 4.70. The third kappa shape index (κ3) is 4.65. The molecule has 2 heterocycles. The zero-order valence-electron chi connectivity index (χ0n) is 15.9. The van der Waals surface area contributed by atoms with E-state index in [-0.39, 0.29) is 29.3 Å². The Morgan fingerprint density at radius 3 is 2.30 bits per heavy atom. The average molecular weight is 444 g/mol. The molecule has 1 amide bonds. The van der Waals surface area contributed by atoms with Gasteiger partial charge in [-0.2, -0.15) is 13.2 Å². The number of halogens is 3. The number of piperazine rings is 1. The fourth-order valence-electron chi connectivity index (χ4n) is 3.08. The van der Waals surface area contributed by atoms with Crippen molar-refractivity contribution in [2.75, 3.05) is 38.2 Å². The summed E-state index contributed by atoms with van der Waals surface area (Å²) in [6.07, 6.45) is -3.68. The van der Waals surface area contributed by atoms with E-state index in [2.05, 4.69) is 4.98 Å². The summed E-state index contributed by atoms with van der Waals surface area (Å²) in [5.74, 6) is 0.153. The molecule has 2 aromatic rings. The Hall–Kier alpha value is -2.86. The standard InChI is InChI=1S/C18H19F3N4O4S/c1-29-15-4-3-13(30(22,27)28)10-14(15)17(26)25-8-6-24(7-9-25)16-5-2-12(11-23-16)18(19,20)21/h2-5,10-11H,6-9H2,1H3,(H2,22,27,28). The van der Waals surface area contributed by atoms with Gasteiger partial charge in [0.05, 0.1) is 23.1 Å². The summed E-state index contributed by atoms with van der Waals surface area (Å²) in [6, 6.07) is 6.02. The molecule has 1 aliphatic rings. The number of sulfonamides is 1. The highest BCUT2D eigenvalue weighted by Crippen LogP contribution is 2.30. The van der Waals surface area contributed by atoms with Gasteiger partial charge >= 0.3 is 6.18 Å². The van der Waals surface area contributed by atoms with E-state index in [1.165, 1.54) is 36.3 Å². The maximum absolute atomic E-state index is 12.9. The number of carbonyl (C=O) groups excluding carboxylic acids is 1. The zero-order valence-corrected chi connectivity index (χ0v) is 16.7. The Morgan fingerprint density at radius 2 is 1.80 bits per heavy atom. The van der Waals surface area contributed by atoms with Crippen molar-refractivity contribution in [1.29, 1.82) is 0 Å². The number of carbonyl (C=O) groups is 1. The van der Waals surface area contributed by atoms with Crippen molar-refractivity contribution in [1.82, 2.24) is 9.88 Å². The number of hydrogen-bond donors (Lipinski definition) is 1. The minimum atomic E-state index is -4.46. The molecule has 0 spiro atoms. The highest BCUT2D eigenvalue weighted by molar-refractivity contribution is 7.89. The van der Waals surface area contributed by atoms with E-state index in [0.29, 0.717) is 18.9 Å². The first-order chi connectivity index (χ1) is 14.0. The SMILES string of the molecule is COc1ccc(S(N)(=O)=O)cc1C(=O)N1CCN(c2ccc(C(F)(F)F)cn2)CC1. The first-order valence-electron chi connectivity index (χ1n) is 8.79. The lowest BCUT2D eigenvalue weighted by atomic mass is 10.1. The van der Waals surface area contributed by atoms with Crippen LogP contribution >= 0.6 is 0 Å². The minimum Gasteiger partial charge on any atom is -0.496 e. The smallest absolute Gasteiger partial charge is 0.417 e. The summed E-state index contributed by atoms with van der Waals surface area (Å²) in [6.45, 7) is 1.23. The van der Waals surface area contributed by atoms with Crippen LogP contribution in [0.25, 0.3) is 0 Å². The Bertz CT molecular complexity index is 1030. The highest BCUT2D eigenvalue weighted by Gasteiger charge is 2.31. The van der Waals surface area contributed by atoms with Gasteiger partial charge in [-0.25, -0.2) is 18.5 Å². The van der Waals surface area contributed by atoms with Gasteiger partial charge in [0.1, 0.15) is 11.6 Å². The Kier molecular flexibility index (Phi) is 5.90. The van der Waals surface area contributed by atoms with Crippen molar-refractivity contribution in [3.05, 3.63) is 47.7 Å². The van der Waals surface area contributed by atoms with Gasteiger partial charge in [0, 0.05) is 32.4 Å². The lowest BCUT2D eigenvalue weighted by Crippen LogP contribution is -2.49. The average Bonchev–Trinajstić information content (AvgIpc) is 2.71. The minimum absolute atomic E-state index is 0.0603. The van der Waals surface area contributed by atoms with E-state index in [0.717, 1.165) is 12.3 Å². The lowest BCUT2D eigenvalue weighted by Gasteiger charge is -2.35. The molecule has 8 nitrogen and oxygen atoms in total. The van der Waals surface area contributed by atoms with E-state index in [4.69, 9.17) is 9.88 Å². The number of primary sulfonamides is 1. The number of nitrogens with zero attached hydrogens (tertiary/aromatic N) is 3. The predicted octanol–water partition coefficient (Wildman–Crippen LogP) is 1.72. The fourth-order valence-corrected chi connectivity index (χ4v) is 3.62. The molecule has 1 aromatic carbocycles. The quantitative estimate of drug-likeness (QED) is 0.770. The van der Waals surface area contributed by atoms with E-state index in [1.54, 1.807) is 4.90 Å². The Morgan fingerprint density at radius 1 is 1.13 bits per heavy atom. The van der Waals surface area contributed by atoms with Crippen LogP contribution in [0.2, 0.25) is 0 Å². The van der Waals surface area contributed by atoms with Gasteiger partial charge in [-0.05, 0) is 30.3 Å². The molecule has 1 aliphatic heterocycles. The maximum atomic E-state index is 12.9. The van der Waals surface area contributed by atoms with Gasteiger partial charge in [0.2, 0.25) is 10.0 Å². The number of benzene rings is 1. The number of alkyl halides is 3. The topological polar surface area (TPSA) is 106 Å². The number of ether oxygens (including phenoxy) is 1. The van der Waals surface area contributed by atoms with Crippen molar-refractivity contribution >= 4 is 21.7 Å². The van der Waals surface area contributed by atoms with Gasteiger partial charge in [0.15, 0.2) is 0 Å². The molecule has 0 saturated carbocycles. The van der Waals surface area contributed by atoms with Gasteiger partial charge in [-0.1, -0.05) is 0 Å². The summed E-state index contributed by atoms with van der Waals surface area (Å²) < 4.78 is 66.4. The summed E-state index contributed by atoms with van der Waals surface area (Å²) in [5, 5.41) is 5.14. The number of anilines is 1. The molecular weight excluding hydrogens is 425 g/mol. The van der Waals surface area contributed by atoms with Crippen LogP contribution in [0.3, 0.4) is 0 Å². The Labute approximate surface area is 171 Å². The highest BCUT2D eigenvalue weighted by atomic mass is 32.2. The number of amides is 1. The Balaban J connectivity index is 1.73. The molecule has 0 atom stereocenters. The molecule has 0 unspecified atom stereocenters. The first-order valence-corrected chi connectivity index (χ1v) is 10.3. The second-order valence-corrected chi connectivity index (χ2v) is 8.15. The summed E-state index contributed by atoms with van der Waals surface area (Å²) in [7, 11) is -2.64. The van der Waals surface area contributed by atoms with Crippen molar-refractivity contribution in [3.8, 4) is 5.75 Å². The van der Waals surface area contributed by atoms with Crippen LogP contribution in [-0.4, -0.2) is 57.5 Å². The van der Waals surface area contributed by atoms with Crippen LogP contribution in [0.1, 0.15) is 15.9 Å². The predicted molar refractivity (Wildman–Crippen MR) is 102 cm³/mol. The largest absolute Gasteiger partial charge is 0.496 e. The van der Waals surface area contributed by atoms with Crippen LogP contribution < -0.4 is 14.8 Å². The van der Waals surface area contributed by atoms with Crippen LogP contribution in [0, 0.1) is 0 Å². The van der Waals surface area contributed by atoms with E-state index < -0.39 is 27.7 Å². The molecule has 0 radical (unpaired) electrons. The van der Waals surface area contributed by atoms with Crippen LogP contribution in [0.5, 0.6) is 5.75 Å². The second kappa shape index (κ2) is 8.11. The second-order valence-electron chi connectivity index (χ2n) is 6.59. The molecule has 2 N–H and O–H groups in total. The molecule has 162 valence electrons. The normalized spacial score (nSPS) is 15.2. The van der Waals surface area contributed by atoms with E-state index in [9.17, 15) is 26.4 Å². The zero-order chi connectivity index (χ0) is 22.1. The summed E-state index contributed by atoms with van der Waals surface area (Å²) in [4.78, 5) is 19.8. The third-order valence-corrected chi connectivity index (χ3v) is 5.61. The number of methoxy groups -OCH3 is 1. The molecule has 1 aromatic heterocycles. The first kappa shape index (κ1) is 21.8. The van der Waals surface area contributed by atoms with Gasteiger partial charge in [-0.3, -0.25) is 4.79 Å². The van der Waals surface area contributed by atoms with E-state index in [1.807, 2.05) is 0 Å². The number of hydrogen-bond acceptors (Lipinski definition) is 6. The van der Waals surface area contributed by atoms with Gasteiger partial charge in [-0.15, -0.1) is 0 Å². The number of rotatable bonds is 4. The summed E-state index contributed by atoms with van der Waals surface area (Å²) in [5.41, 5.74) is -0.771. The van der Waals surface area contributed by atoms with Crippen LogP contribution in [-0.2, 0) is 16.2 Å². The van der Waals surface area contributed by atoms with Gasteiger partial charge in [0.25, 0.3) is 5.91 Å². The van der Waals surface area contributed by atoms with Gasteiger partial charge < -0.3 is 14.5 Å². The molecule has 0 aliphatic carbocycles. The molecule has 3 rings (SSSR count). The molecule has 30 heavy (non-hydrogen) atoms. The number of pyridine rings is 1. The number of nitrogens with two attached hydrogens (primary N) is 1. The molecule has 1 saturated heterocycles.